The Hall–Kier alpha value is -3.15. The highest BCUT2D eigenvalue weighted by atomic mass is 15.3. The van der Waals surface area contributed by atoms with Crippen LogP contribution in [0.5, 0.6) is 0 Å². The summed E-state index contributed by atoms with van der Waals surface area (Å²) in [4.78, 5) is 18.3. The van der Waals surface area contributed by atoms with E-state index < -0.39 is 0 Å². The maximum atomic E-state index is 4.77. The number of rotatable bonds is 11. The van der Waals surface area contributed by atoms with Crippen LogP contribution in [0, 0.1) is 0 Å². The average molecular weight is 445 g/mol. The van der Waals surface area contributed by atoms with E-state index >= 15 is 0 Å². The van der Waals surface area contributed by atoms with Gasteiger partial charge in [0, 0.05) is 44.3 Å². The largest absolute Gasteiger partial charge is 0.353 e. The third kappa shape index (κ3) is 6.91. The van der Waals surface area contributed by atoms with Crippen LogP contribution in [0.2, 0.25) is 0 Å². The number of anilines is 4. The lowest BCUT2D eigenvalue weighted by atomic mass is 10.0. The van der Waals surface area contributed by atoms with Gasteiger partial charge in [0.15, 0.2) is 0 Å². The zero-order chi connectivity index (χ0) is 22.7. The van der Waals surface area contributed by atoms with Gasteiger partial charge in [-0.1, -0.05) is 57.2 Å². The Morgan fingerprint density at radius 2 is 1.52 bits per heavy atom. The minimum Gasteiger partial charge on any atom is -0.353 e. The molecule has 0 unspecified atom stereocenters. The fourth-order valence-corrected chi connectivity index (χ4v) is 4.26. The van der Waals surface area contributed by atoms with E-state index in [-0.39, 0.29) is 0 Å². The highest BCUT2D eigenvalue weighted by molar-refractivity contribution is 5.57. The van der Waals surface area contributed by atoms with E-state index in [1.54, 1.807) is 0 Å². The highest BCUT2D eigenvalue weighted by Gasteiger charge is 2.20. The van der Waals surface area contributed by atoms with E-state index in [0.29, 0.717) is 0 Å². The predicted octanol–water partition coefficient (Wildman–Crippen LogP) is 5.84. The first-order valence-corrected chi connectivity index (χ1v) is 12.4. The van der Waals surface area contributed by atoms with Crippen LogP contribution in [-0.2, 0) is 6.42 Å². The number of benzene rings is 1. The van der Waals surface area contributed by atoms with Crippen molar-refractivity contribution in [3.05, 3.63) is 66.5 Å². The Kier molecular flexibility index (Phi) is 8.50. The lowest BCUT2D eigenvalue weighted by molar-refractivity contribution is 0.607. The molecule has 1 aromatic carbocycles. The molecule has 3 aromatic rings. The van der Waals surface area contributed by atoms with Gasteiger partial charge in [0.1, 0.15) is 11.6 Å². The summed E-state index contributed by atoms with van der Waals surface area (Å²) in [6.45, 7) is 5.86. The van der Waals surface area contributed by atoms with Crippen molar-refractivity contribution in [3.8, 4) is 0 Å². The van der Waals surface area contributed by atoms with E-state index in [2.05, 4.69) is 62.3 Å². The number of piperazine rings is 1. The van der Waals surface area contributed by atoms with Crippen molar-refractivity contribution in [1.29, 1.82) is 0 Å². The minimum absolute atomic E-state index is 0.778. The Morgan fingerprint density at radius 1 is 0.758 bits per heavy atom. The van der Waals surface area contributed by atoms with Crippen molar-refractivity contribution < 1.29 is 0 Å². The fourth-order valence-electron chi connectivity index (χ4n) is 4.26. The monoisotopic (exact) mass is 444 g/mol. The number of nitrogens with one attached hydrogen (secondary N) is 1. The Bertz CT molecular complexity index is 952. The molecule has 6 heteroatoms. The molecular formula is C27H36N6. The molecule has 1 aliphatic heterocycles. The topological polar surface area (TPSA) is 57.2 Å². The van der Waals surface area contributed by atoms with Crippen molar-refractivity contribution in [2.45, 2.75) is 51.9 Å². The molecule has 0 spiro atoms. The second-order valence-corrected chi connectivity index (χ2v) is 8.74. The summed E-state index contributed by atoms with van der Waals surface area (Å²) in [5.74, 6) is 2.64. The SMILES string of the molecule is CCCCCCCCc1ccc(Nc2ccnc(N3CCN(c4ccccn4)CC3)n2)cc1. The molecule has 1 aliphatic rings. The molecule has 1 saturated heterocycles. The summed E-state index contributed by atoms with van der Waals surface area (Å²) in [5, 5.41) is 3.44. The van der Waals surface area contributed by atoms with Gasteiger partial charge in [-0.3, -0.25) is 0 Å². The molecule has 4 rings (SSSR count). The van der Waals surface area contributed by atoms with Crippen molar-refractivity contribution >= 4 is 23.3 Å². The Morgan fingerprint density at radius 3 is 2.27 bits per heavy atom. The Balaban J connectivity index is 1.26. The third-order valence-corrected chi connectivity index (χ3v) is 6.22. The standard InChI is InChI=1S/C27H36N6/c1-2-3-4-5-6-7-10-23-12-14-24(15-13-23)30-25-16-18-29-27(31-25)33-21-19-32(20-22-33)26-11-8-9-17-28-26/h8-9,11-18H,2-7,10,19-22H2,1H3,(H,29,30,31). The maximum Gasteiger partial charge on any atom is 0.227 e. The van der Waals surface area contributed by atoms with E-state index in [4.69, 9.17) is 4.98 Å². The molecule has 6 nitrogen and oxygen atoms in total. The van der Waals surface area contributed by atoms with Gasteiger partial charge >= 0.3 is 0 Å². The van der Waals surface area contributed by atoms with Crippen LogP contribution in [-0.4, -0.2) is 41.1 Å². The van der Waals surface area contributed by atoms with Gasteiger partial charge in [-0.2, -0.15) is 4.98 Å². The molecule has 0 bridgehead atoms. The molecule has 0 radical (unpaired) electrons. The zero-order valence-corrected chi connectivity index (χ0v) is 19.8. The van der Waals surface area contributed by atoms with Crippen LogP contribution in [0.4, 0.5) is 23.3 Å². The lowest BCUT2D eigenvalue weighted by Gasteiger charge is -2.35. The molecule has 0 amide bonds. The number of hydrogen-bond acceptors (Lipinski definition) is 6. The van der Waals surface area contributed by atoms with Crippen LogP contribution < -0.4 is 15.1 Å². The Labute approximate surface area is 198 Å². The summed E-state index contributed by atoms with van der Waals surface area (Å²) in [6, 6.07) is 16.7. The van der Waals surface area contributed by atoms with Crippen molar-refractivity contribution in [2.75, 3.05) is 41.3 Å². The minimum atomic E-state index is 0.778. The number of pyridine rings is 1. The van der Waals surface area contributed by atoms with Gasteiger partial charge in [-0.05, 0) is 48.7 Å². The molecule has 0 saturated carbocycles. The molecule has 0 atom stereocenters. The van der Waals surface area contributed by atoms with Crippen molar-refractivity contribution in [3.63, 3.8) is 0 Å². The van der Waals surface area contributed by atoms with E-state index in [0.717, 1.165) is 55.9 Å². The fraction of sp³-hybridized carbons (Fsp3) is 0.444. The number of nitrogens with zero attached hydrogens (tertiary/aromatic N) is 5. The summed E-state index contributed by atoms with van der Waals surface area (Å²) in [5.41, 5.74) is 2.47. The molecule has 3 heterocycles. The third-order valence-electron chi connectivity index (χ3n) is 6.22. The zero-order valence-electron chi connectivity index (χ0n) is 19.8. The average Bonchev–Trinajstić information content (AvgIpc) is 2.88. The molecule has 0 aliphatic carbocycles. The van der Waals surface area contributed by atoms with Crippen LogP contribution >= 0.6 is 0 Å². The first kappa shape index (κ1) is 23.0. The summed E-state index contributed by atoms with van der Waals surface area (Å²) < 4.78 is 0. The van der Waals surface area contributed by atoms with Gasteiger partial charge in [0.25, 0.3) is 0 Å². The second kappa shape index (κ2) is 12.2. The predicted molar refractivity (Wildman–Crippen MR) is 137 cm³/mol. The number of aromatic nitrogens is 3. The normalized spacial score (nSPS) is 13.8. The van der Waals surface area contributed by atoms with E-state index in [1.165, 1.54) is 44.1 Å². The van der Waals surface area contributed by atoms with Crippen LogP contribution in [0.25, 0.3) is 0 Å². The quantitative estimate of drug-likeness (QED) is 0.375. The summed E-state index contributed by atoms with van der Waals surface area (Å²) in [7, 11) is 0. The van der Waals surface area contributed by atoms with Gasteiger partial charge in [0.05, 0.1) is 0 Å². The summed E-state index contributed by atoms with van der Waals surface area (Å²) in [6.07, 6.45) is 12.9. The molecule has 33 heavy (non-hydrogen) atoms. The molecule has 1 N–H and O–H groups in total. The molecule has 2 aromatic heterocycles. The van der Waals surface area contributed by atoms with Crippen molar-refractivity contribution in [1.82, 2.24) is 15.0 Å². The van der Waals surface area contributed by atoms with Gasteiger partial charge < -0.3 is 15.1 Å². The highest BCUT2D eigenvalue weighted by Crippen LogP contribution is 2.20. The van der Waals surface area contributed by atoms with Gasteiger partial charge in [-0.15, -0.1) is 0 Å². The first-order valence-electron chi connectivity index (χ1n) is 12.4. The van der Waals surface area contributed by atoms with Gasteiger partial charge in [-0.25, -0.2) is 9.97 Å². The smallest absolute Gasteiger partial charge is 0.227 e. The lowest BCUT2D eigenvalue weighted by Crippen LogP contribution is -2.47. The van der Waals surface area contributed by atoms with Gasteiger partial charge in [0.2, 0.25) is 5.95 Å². The van der Waals surface area contributed by atoms with Crippen molar-refractivity contribution in [2.24, 2.45) is 0 Å². The number of hydrogen-bond donors (Lipinski definition) is 1. The number of unbranched alkanes of at least 4 members (excludes halogenated alkanes) is 5. The summed E-state index contributed by atoms with van der Waals surface area (Å²) >= 11 is 0. The molecule has 174 valence electrons. The number of aryl methyl sites for hydroxylation is 1. The molecular weight excluding hydrogens is 408 g/mol. The second-order valence-electron chi connectivity index (χ2n) is 8.74. The van der Waals surface area contributed by atoms with E-state index in [1.807, 2.05) is 30.6 Å². The van der Waals surface area contributed by atoms with E-state index in [9.17, 15) is 0 Å². The maximum absolute atomic E-state index is 4.77. The molecule has 1 fully saturated rings. The van der Waals surface area contributed by atoms with Crippen LogP contribution in [0.1, 0.15) is 51.0 Å². The van der Waals surface area contributed by atoms with Crippen LogP contribution in [0.15, 0.2) is 60.9 Å². The first-order chi connectivity index (χ1) is 16.3. The van der Waals surface area contributed by atoms with Crippen LogP contribution in [0.3, 0.4) is 0 Å².